The van der Waals surface area contributed by atoms with E-state index in [-0.39, 0.29) is 29.5 Å². The van der Waals surface area contributed by atoms with E-state index in [2.05, 4.69) is 5.32 Å². The Hall–Kier alpha value is -1.24. The minimum absolute atomic E-state index is 0.0112. The van der Waals surface area contributed by atoms with Gasteiger partial charge in [-0.15, -0.1) is 0 Å². The fraction of sp³-hybridized carbons (Fsp3) is 0.824. The first kappa shape index (κ1) is 22.8. The zero-order valence-corrected chi connectivity index (χ0v) is 17.0. The van der Waals surface area contributed by atoms with Crippen LogP contribution in [-0.2, 0) is 30.0 Å². The second-order valence-corrected chi connectivity index (χ2v) is 10.2. The van der Waals surface area contributed by atoms with Crippen molar-refractivity contribution in [3.8, 4) is 0 Å². The van der Waals surface area contributed by atoms with E-state index in [1.54, 1.807) is 41.5 Å². The lowest BCUT2D eigenvalue weighted by Gasteiger charge is -2.26. The number of carbonyl (C=O) groups excluding carboxylic acids is 3. The van der Waals surface area contributed by atoms with Crippen LogP contribution in [0.3, 0.4) is 0 Å². The fourth-order valence-electron chi connectivity index (χ4n) is 1.77. The molecule has 0 aromatic carbocycles. The van der Waals surface area contributed by atoms with Gasteiger partial charge in [0.25, 0.3) is 0 Å². The molecule has 0 saturated carbocycles. The Bertz CT molecular complexity index is 449. The summed E-state index contributed by atoms with van der Waals surface area (Å²) in [5.41, 5.74) is -1.34. The number of Topliss-reactive ketones (excluding diaryl/α,β-unsaturated/α-hetero) is 1. The molecule has 24 heavy (non-hydrogen) atoms. The number of nitrogens with one attached hydrogen (secondary N) is 1. The predicted octanol–water partition coefficient (Wildman–Crippen LogP) is 2.45. The first-order valence-electron chi connectivity index (χ1n) is 7.98. The Morgan fingerprint density at radius 1 is 0.958 bits per heavy atom. The van der Waals surface area contributed by atoms with Gasteiger partial charge in [-0.3, -0.25) is 4.79 Å². The Morgan fingerprint density at radius 3 is 1.88 bits per heavy atom. The molecule has 0 aliphatic heterocycles. The summed E-state index contributed by atoms with van der Waals surface area (Å²) in [5.74, 6) is -0.0101. The van der Waals surface area contributed by atoms with Gasteiger partial charge in [0, 0.05) is 6.42 Å². The minimum Gasteiger partial charge on any atom is -0.458 e. The van der Waals surface area contributed by atoms with Crippen molar-refractivity contribution in [3.05, 3.63) is 0 Å². The summed E-state index contributed by atoms with van der Waals surface area (Å²) in [6.45, 7) is 10.5. The summed E-state index contributed by atoms with van der Waals surface area (Å²) >= 11 is 0. The van der Waals surface area contributed by atoms with Gasteiger partial charge in [-0.25, -0.2) is 9.59 Å². The van der Waals surface area contributed by atoms with Crippen molar-refractivity contribution < 1.29 is 23.9 Å². The summed E-state index contributed by atoms with van der Waals surface area (Å²) in [7, 11) is 0.0112. The number of amides is 1. The first-order chi connectivity index (χ1) is 10.7. The van der Waals surface area contributed by atoms with Crippen molar-refractivity contribution in [2.24, 2.45) is 0 Å². The van der Waals surface area contributed by atoms with E-state index in [4.69, 9.17) is 9.47 Å². The van der Waals surface area contributed by atoms with Crippen LogP contribution in [0.2, 0.25) is 0 Å². The largest absolute Gasteiger partial charge is 0.458 e. The van der Waals surface area contributed by atoms with Gasteiger partial charge in [-0.1, -0.05) is 0 Å². The first-order valence-corrected chi connectivity index (χ1v) is 10.2. The maximum Gasteiger partial charge on any atom is 0.408 e. The molecule has 7 heteroatoms. The molecule has 1 amide bonds. The monoisotopic (exact) mass is 362 g/mol. The third-order valence-corrected chi connectivity index (χ3v) is 3.44. The molecule has 0 heterocycles. The van der Waals surface area contributed by atoms with Crippen LogP contribution in [0.15, 0.2) is 0 Å². The quantitative estimate of drug-likeness (QED) is 0.556. The highest BCUT2D eigenvalue weighted by atomic mass is 32.2. The lowest BCUT2D eigenvalue weighted by molar-refractivity contribution is -0.157. The molecule has 0 fully saturated rings. The van der Waals surface area contributed by atoms with E-state index in [0.717, 1.165) is 0 Å². The van der Waals surface area contributed by atoms with Gasteiger partial charge < -0.3 is 14.8 Å². The molecule has 0 radical (unpaired) electrons. The second-order valence-electron chi connectivity index (χ2n) is 7.94. The number of hydrogen-bond acceptors (Lipinski definition) is 5. The van der Waals surface area contributed by atoms with E-state index in [0.29, 0.717) is 5.75 Å². The summed E-state index contributed by atoms with van der Waals surface area (Å²) in [6.07, 6.45) is 3.69. The number of ketones is 1. The average molecular weight is 363 g/mol. The highest BCUT2D eigenvalue weighted by molar-refractivity contribution is 7.96. The standard InChI is InChI=1S/C17H31NO5S/c1-16(2,3)22-14(20)13(10-9-12(19)11-24(7)8)18-15(21)23-17(4,5)6/h13H,9-11H2,1-8H3/p+1/t13-/m0/s1. The van der Waals surface area contributed by atoms with Crippen LogP contribution in [0.25, 0.3) is 0 Å². The molecule has 0 aliphatic carbocycles. The molecule has 1 atom stereocenters. The molecule has 6 nitrogen and oxygen atoms in total. The summed E-state index contributed by atoms with van der Waals surface area (Å²) in [6, 6.07) is -0.904. The minimum atomic E-state index is -0.904. The Morgan fingerprint density at radius 2 is 1.46 bits per heavy atom. The molecule has 0 aromatic rings. The average Bonchev–Trinajstić information content (AvgIpc) is 2.28. The molecule has 0 aliphatic rings. The topological polar surface area (TPSA) is 81.7 Å². The Labute approximate surface area is 148 Å². The number of ether oxygens (including phenoxy) is 2. The molecule has 0 rings (SSSR count). The van der Waals surface area contributed by atoms with Crippen molar-refractivity contribution in [2.45, 2.75) is 71.6 Å². The van der Waals surface area contributed by atoms with Crippen LogP contribution in [-0.4, -0.2) is 53.4 Å². The number of carbonyl (C=O) groups is 3. The molecule has 0 saturated heterocycles. The molecule has 1 N–H and O–H groups in total. The van der Waals surface area contributed by atoms with Crippen molar-refractivity contribution in [3.63, 3.8) is 0 Å². The van der Waals surface area contributed by atoms with Gasteiger partial charge in [0.1, 0.15) is 17.2 Å². The van der Waals surface area contributed by atoms with E-state index in [1.807, 2.05) is 12.5 Å². The molecule has 140 valence electrons. The van der Waals surface area contributed by atoms with Crippen LogP contribution in [0.1, 0.15) is 54.4 Å². The second kappa shape index (κ2) is 9.30. The van der Waals surface area contributed by atoms with Crippen LogP contribution in [0, 0.1) is 0 Å². The lowest BCUT2D eigenvalue weighted by Crippen LogP contribution is -2.46. The highest BCUT2D eigenvalue weighted by Gasteiger charge is 2.29. The van der Waals surface area contributed by atoms with Gasteiger partial charge >= 0.3 is 12.1 Å². The molecule has 0 unspecified atom stereocenters. The van der Waals surface area contributed by atoms with Crippen LogP contribution in [0.4, 0.5) is 4.79 Å². The Kier molecular flexibility index (Phi) is 8.82. The number of rotatable bonds is 7. The SMILES string of the molecule is C[S+](C)CC(=O)CC[C@H](NC(=O)OC(C)(C)C)C(=O)OC(C)(C)C. The van der Waals surface area contributed by atoms with Crippen molar-refractivity contribution in [1.29, 1.82) is 0 Å². The highest BCUT2D eigenvalue weighted by Crippen LogP contribution is 2.13. The summed E-state index contributed by atoms with van der Waals surface area (Å²) in [5, 5.41) is 2.52. The van der Waals surface area contributed by atoms with Crippen LogP contribution in [0.5, 0.6) is 0 Å². The summed E-state index contributed by atoms with van der Waals surface area (Å²) in [4.78, 5) is 36.1. The molecular formula is C17H32NO5S+. The molecule has 0 bridgehead atoms. The maximum absolute atomic E-state index is 12.3. The lowest BCUT2D eigenvalue weighted by atomic mass is 10.1. The van der Waals surface area contributed by atoms with Gasteiger partial charge in [0.2, 0.25) is 0 Å². The zero-order chi connectivity index (χ0) is 19.1. The van der Waals surface area contributed by atoms with E-state index in [1.165, 1.54) is 0 Å². The molecule has 0 aromatic heterocycles. The van der Waals surface area contributed by atoms with E-state index in [9.17, 15) is 14.4 Å². The molecular weight excluding hydrogens is 330 g/mol. The third-order valence-electron chi connectivity index (χ3n) is 2.54. The van der Waals surface area contributed by atoms with E-state index < -0.39 is 29.3 Å². The number of esters is 1. The van der Waals surface area contributed by atoms with Crippen molar-refractivity contribution >= 4 is 28.7 Å². The predicted molar refractivity (Wildman–Crippen MR) is 97.3 cm³/mol. The van der Waals surface area contributed by atoms with E-state index >= 15 is 0 Å². The Balaban J connectivity index is 4.86. The number of alkyl carbamates (subject to hydrolysis) is 1. The fourth-order valence-corrected chi connectivity index (χ4v) is 2.56. The normalized spacial score (nSPS) is 13.4. The zero-order valence-electron chi connectivity index (χ0n) is 16.1. The third kappa shape index (κ3) is 12.2. The van der Waals surface area contributed by atoms with Gasteiger partial charge in [0.05, 0.1) is 12.5 Å². The molecule has 0 spiro atoms. The summed E-state index contributed by atoms with van der Waals surface area (Å²) < 4.78 is 10.5. The number of hydrogen-bond donors (Lipinski definition) is 1. The smallest absolute Gasteiger partial charge is 0.408 e. The van der Waals surface area contributed by atoms with Crippen molar-refractivity contribution in [1.82, 2.24) is 5.32 Å². The van der Waals surface area contributed by atoms with Crippen molar-refractivity contribution in [2.75, 3.05) is 18.3 Å². The van der Waals surface area contributed by atoms with Gasteiger partial charge in [0.15, 0.2) is 11.5 Å². The van der Waals surface area contributed by atoms with Gasteiger partial charge in [-0.2, -0.15) is 0 Å². The van der Waals surface area contributed by atoms with Crippen LogP contribution < -0.4 is 5.32 Å². The maximum atomic E-state index is 12.3. The van der Waals surface area contributed by atoms with Crippen LogP contribution >= 0.6 is 0 Å². The van der Waals surface area contributed by atoms with Gasteiger partial charge in [-0.05, 0) is 58.9 Å².